The van der Waals surface area contributed by atoms with Crippen LogP contribution >= 0.6 is 11.6 Å². The average Bonchev–Trinajstić information content (AvgIpc) is 2.80. The predicted octanol–water partition coefficient (Wildman–Crippen LogP) is 3.64. The molecule has 0 saturated carbocycles. The van der Waals surface area contributed by atoms with Gasteiger partial charge in [0.05, 0.1) is 12.5 Å². The molecule has 0 spiro atoms. The van der Waals surface area contributed by atoms with E-state index in [4.69, 9.17) is 21.1 Å². The Balaban J connectivity index is 1.64. The number of benzene rings is 2. The highest BCUT2D eigenvalue weighted by Gasteiger charge is 2.18. The Kier molecular flexibility index (Phi) is 6.09. The number of nitrogens with zero attached hydrogens (tertiary/aromatic N) is 3. The highest BCUT2D eigenvalue weighted by molar-refractivity contribution is 7.90. The lowest BCUT2D eigenvalue weighted by Crippen LogP contribution is -2.21. The lowest BCUT2D eigenvalue weighted by molar-refractivity contribution is 0.306. The largest absolute Gasteiger partial charge is 0.497 e. The van der Waals surface area contributed by atoms with Gasteiger partial charge in [-0.25, -0.2) is 13.4 Å². The molecule has 4 rings (SSSR count). The van der Waals surface area contributed by atoms with E-state index in [0.29, 0.717) is 28.9 Å². The number of pyridine rings is 1. The zero-order chi connectivity index (χ0) is 23.8. The first-order valence-electron chi connectivity index (χ1n) is 9.81. The van der Waals surface area contributed by atoms with Crippen molar-refractivity contribution in [2.24, 2.45) is 7.05 Å². The number of hydrogen-bond donors (Lipinski definition) is 0. The van der Waals surface area contributed by atoms with Gasteiger partial charge in [0.25, 0.3) is 5.56 Å². The zero-order valence-corrected chi connectivity index (χ0v) is 19.6. The first kappa shape index (κ1) is 22.8. The number of hydrogen-bond acceptors (Lipinski definition) is 7. The number of halogens is 1. The summed E-state index contributed by atoms with van der Waals surface area (Å²) in [5.41, 5.74) is 1.82. The Hall–Kier alpha value is -3.43. The van der Waals surface area contributed by atoms with Crippen LogP contribution < -0.4 is 15.0 Å². The monoisotopic (exact) mass is 485 g/mol. The molecule has 0 fully saturated rings. The molecular weight excluding hydrogens is 466 g/mol. The van der Waals surface area contributed by atoms with Gasteiger partial charge >= 0.3 is 0 Å². The van der Waals surface area contributed by atoms with Gasteiger partial charge < -0.3 is 9.47 Å². The van der Waals surface area contributed by atoms with Gasteiger partial charge in [0.1, 0.15) is 28.9 Å². The Morgan fingerprint density at radius 2 is 1.64 bits per heavy atom. The van der Waals surface area contributed by atoms with E-state index in [9.17, 15) is 13.2 Å². The van der Waals surface area contributed by atoms with Crippen molar-refractivity contribution in [3.63, 3.8) is 0 Å². The third kappa shape index (κ3) is 4.69. The molecule has 33 heavy (non-hydrogen) atoms. The van der Waals surface area contributed by atoms with Gasteiger partial charge in [0.15, 0.2) is 0 Å². The van der Waals surface area contributed by atoms with Crippen molar-refractivity contribution < 1.29 is 17.9 Å². The van der Waals surface area contributed by atoms with Crippen LogP contribution in [0.15, 0.2) is 64.5 Å². The van der Waals surface area contributed by atoms with Gasteiger partial charge in [-0.3, -0.25) is 9.36 Å². The van der Waals surface area contributed by atoms with E-state index in [-0.39, 0.29) is 16.4 Å². The predicted molar refractivity (Wildman–Crippen MR) is 126 cm³/mol. The molecule has 0 saturated heterocycles. The number of ether oxygens (including phenoxy) is 2. The van der Waals surface area contributed by atoms with Crippen LogP contribution in [0, 0.1) is 0 Å². The average molecular weight is 486 g/mol. The molecule has 8 nitrogen and oxygen atoms in total. The number of aromatic nitrogens is 3. The fraction of sp³-hybridized carbons (Fsp3) is 0.174. The molecular formula is C23H20ClN3O5S. The summed E-state index contributed by atoms with van der Waals surface area (Å²) < 4.78 is 35.9. The van der Waals surface area contributed by atoms with Crippen LogP contribution in [0.3, 0.4) is 0 Å². The van der Waals surface area contributed by atoms with E-state index >= 15 is 0 Å². The molecule has 0 amide bonds. The number of methoxy groups -OCH3 is 1. The maximum atomic E-state index is 13.0. The topological polar surface area (TPSA) is 100 Å². The summed E-state index contributed by atoms with van der Waals surface area (Å²) in [5.74, 6) is 1.42. The molecule has 0 aliphatic heterocycles. The lowest BCUT2D eigenvalue weighted by Gasteiger charge is -2.11. The van der Waals surface area contributed by atoms with Gasteiger partial charge in [-0.1, -0.05) is 35.9 Å². The first-order valence-corrected chi connectivity index (χ1v) is 12.1. The van der Waals surface area contributed by atoms with Crippen molar-refractivity contribution in [3.8, 4) is 22.6 Å². The summed E-state index contributed by atoms with van der Waals surface area (Å²) in [7, 11) is -0.560. The molecule has 0 N–H and O–H groups in total. The second-order valence-corrected chi connectivity index (χ2v) is 9.66. The van der Waals surface area contributed by atoms with Crippen LogP contribution in [-0.2, 0) is 23.5 Å². The molecule has 170 valence electrons. The first-order chi connectivity index (χ1) is 15.7. The van der Waals surface area contributed by atoms with E-state index in [1.807, 2.05) is 24.3 Å². The van der Waals surface area contributed by atoms with E-state index in [1.165, 1.54) is 11.6 Å². The third-order valence-corrected chi connectivity index (χ3v) is 6.20. The molecule has 2 heterocycles. The Morgan fingerprint density at radius 1 is 1.00 bits per heavy atom. The molecule has 4 aromatic rings. The van der Waals surface area contributed by atoms with Gasteiger partial charge in [0.2, 0.25) is 15.0 Å². The van der Waals surface area contributed by atoms with E-state index in [0.717, 1.165) is 17.6 Å². The van der Waals surface area contributed by atoms with Crippen LogP contribution in [0.1, 0.15) is 5.56 Å². The van der Waals surface area contributed by atoms with Crippen LogP contribution in [0.25, 0.3) is 22.2 Å². The Labute approximate surface area is 195 Å². The fourth-order valence-electron chi connectivity index (χ4n) is 3.27. The second-order valence-electron chi connectivity index (χ2n) is 7.39. The lowest BCUT2D eigenvalue weighted by atomic mass is 10.1. The molecule has 0 aliphatic carbocycles. The summed E-state index contributed by atoms with van der Waals surface area (Å²) >= 11 is 6.24. The van der Waals surface area contributed by atoms with Gasteiger partial charge in [0, 0.05) is 18.9 Å². The van der Waals surface area contributed by atoms with Gasteiger partial charge in [-0.2, -0.15) is 4.98 Å². The molecule has 10 heteroatoms. The molecule has 0 atom stereocenters. The Morgan fingerprint density at radius 3 is 2.24 bits per heavy atom. The third-order valence-electron chi connectivity index (χ3n) is 5.06. The fourth-order valence-corrected chi connectivity index (χ4v) is 4.05. The summed E-state index contributed by atoms with van der Waals surface area (Å²) in [6, 6.07) is 16.2. The van der Waals surface area contributed by atoms with Gasteiger partial charge in [-0.15, -0.1) is 0 Å². The maximum absolute atomic E-state index is 13.0. The molecule has 0 aliphatic rings. The maximum Gasteiger partial charge on any atom is 0.259 e. The molecule has 2 aromatic heterocycles. The minimum Gasteiger partial charge on any atom is -0.497 e. The summed E-state index contributed by atoms with van der Waals surface area (Å²) in [4.78, 5) is 20.9. The zero-order valence-electron chi connectivity index (χ0n) is 18.1. The summed E-state index contributed by atoms with van der Waals surface area (Å²) in [5, 5.41) is -0.0983. The number of sulfone groups is 1. The highest BCUT2D eigenvalue weighted by atomic mass is 35.5. The SMILES string of the molecule is COc1ccc(COc2ccc(-c3cc4c(Cl)nc(S(C)(=O)=O)nc4n(C)c3=O)cc2)cc1. The minimum atomic E-state index is -3.68. The van der Waals surface area contributed by atoms with Crippen molar-refractivity contribution in [1.29, 1.82) is 0 Å². The van der Waals surface area contributed by atoms with Gasteiger partial charge in [-0.05, 0) is 41.5 Å². The van der Waals surface area contributed by atoms with E-state index in [2.05, 4.69) is 9.97 Å². The van der Waals surface area contributed by atoms with Crippen molar-refractivity contribution in [3.05, 3.63) is 75.7 Å². The summed E-state index contributed by atoms with van der Waals surface area (Å²) in [6.45, 7) is 0.386. The minimum absolute atomic E-state index is 0.0447. The molecule has 2 aromatic carbocycles. The van der Waals surface area contributed by atoms with E-state index in [1.54, 1.807) is 37.4 Å². The standard InChI is InChI=1S/C23H20ClN3O5S/c1-27-21-19(20(24)25-23(26-21)33(3,29)30)12-18(22(27)28)15-6-10-17(11-7-15)32-13-14-4-8-16(31-2)9-5-14/h4-12H,13H2,1-3H3. The van der Waals surface area contributed by atoms with Crippen molar-refractivity contribution in [2.45, 2.75) is 11.8 Å². The molecule has 0 unspecified atom stereocenters. The van der Waals surface area contributed by atoms with Crippen molar-refractivity contribution in [1.82, 2.24) is 14.5 Å². The smallest absolute Gasteiger partial charge is 0.259 e. The second kappa shape index (κ2) is 8.84. The number of rotatable bonds is 6. The number of fused-ring (bicyclic) bond motifs is 1. The van der Waals surface area contributed by atoms with Crippen LogP contribution in [0.2, 0.25) is 5.15 Å². The Bertz CT molecular complexity index is 1500. The normalized spacial score (nSPS) is 11.5. The number of aryl methyl sites for hydroxylation is 1. The van der Waals surface area contributed by atoms with E-state index < -0.39 is 15.0 Å². The van der Waals surface area contributed by atoms with Crippen molar-refractivity contribution >= 4 is 32.5 Å². The highest BCUT2D eigenvalue weighted by Crippen LogP contribution is 2.27. The van der Waals surface area contributed by atoms with Crippen LogP contribution in [-0.4, -0.2) is 36.3 Å². The van der Waals surface area contributed by atoms with Crippen LogP contribution in [0.4, 0.5) is 0 Å². The molecule has 0 bridgehead atoms. The van der Waals surface area contributed by atoms with Crippen molar-refractivity contribution in [2.75, 3.05) is 13.4 Å². The quantitative estimate of drug-likeness (QED) is 0.303. The summed E-state index contributed by atoms with van der Waals surface area (Å²) in [6.07, 6.45) is 0.981. The van der Waals surface area contributed by atoms with Crippen LogP contribution in [0.5, 0.6) is 11.5 Å². The molecule has 0 radical (unpaired) electrons.